The molecular formula is C26H24N2O4. The Balaban J connectivity index is 1.57. The number of amides is 2. The number of nitrogens with one attached hydrogen (secondary N) is 1. The predicted molar refractivity (Wildman–Crippen MR) is 122 cm³/mol. The zero-order valence-electron chi connectivity index (χ0n) is 18.0. The number of nitrogens with zero attached hydrogens (tertiary/aromatic N) is 1. The number of rotatable bonds is 7. The summed E-state index contributed by atoms with van der Waals surface area (Å²) in [6.45, 7) is 1.95. The summed E-state index contributed by atoms with van der Waals surface area (Å²) >= 11 is 0. The zero-order valence-corrected chi connectivity index (χ0v) is 18.0. The van der Waals surface area contributed by atoms with Gasteiger partial charge in [0.1, 0.15) is 5.75 Å². The summed E-state index contributed by atoms with van der Waals surface area (Å²) in [4.78, 5) is 39.3. The first kappa shape index (κ1) is 21.3. The molecule has 0 saturated heterocycles. The number of hydrogen-bond acceptors (Lipinski definition) is 4. The highest BCUT2D eigenvalue weighted by Gasteiger charge is 2.34. The lowest BCUT2D eigenvalue weighted by molar-refractivity contribution is -0.117. The maximum atomic E-state index is 13.1. The third-order valence-electron chi connectivity index (χ3n) is 5.68. The first-order chi connectivity index (χ1) is 15.5. The van der Waals surface area contributed by atoms with Gasteiger partial charge in [0.25, 0.3) is 5.91 Å². The van der Waals surface area contributed by atoms with Crippen molar-refractivity contribution in [1.82, 2.24) is 4.90 Å². The number of carbonyl (C=O) groups excluding carboxylic acids is 3. The van der Waals surface area contributed by atoms with E-state index in [1.165, 1.54) is 6.92 Å². The maximum absolute atomic E-state index is 13.1. The van der Waals surface area contributed by atoms with Crippen molar-refractivity contribution in [2.45, 2.75) is 25.9 Å². The second kappa shape index (κ2) is 9.06. The normalized spacial score (nSPS) is 13.4. The van der Waals surface area contributed by atoms with Gasteiger partial charge in [0, 0.05) is 23.4 Å². The summed E-state index contributed by atoms with van der Waals surface area (Å²) in [5.74, 6) is 0.373. The Kier molecular flexibility index (Phi) is 6.03. The minimum absolute atomic E-state index is 0.0328. The Morgan fingerprint density at radius 3 is 2.31 bits per heavy atom. The van der Waals surface area contributed by atoms with Gasteiger partial charge in [-0.1, -0.05) is 30.3 Å². The van der Waals surface area contributed by atoms with Crippen LogP contribution in [0, 0.1) is 0 Å². The summed E-state index contributed by atoms with van der Waals surface area (Å²) < 4.78 is 5.25. The van der Waals surface area contributed by atoms with Crippen LogP contribution in [0.5, 0.6) is 5.75 Å². The van der Waals surface area contributed by atoms with E-state index in [2.05, 4.69) is 5.32 Å². The molecule has 0 radical (unpaired) electrons. The van der Waals surface area contributed by atoms with Crippen molar-refractivity contribution in [2.24, 2.45) is 0 Å². The number of ether oxygens (including phenoxy) is 1. The van der Waals surface area contributed by atoms with Gasteiger partial charge in [0.2, 0.25) is 5.91 Å². The molecule has 0 fully saturated rings. The van der Waals surface area contributed by atoms with Gasteiger partial charge in [-0.05, 0) is 60.5 Å². The average molecular weight is 428 g/mol. The summed E-state index contributed by atoms with van der Waals surface area (Å²) in [7, 11) is 1.60. The molecule has 2 amide bonds. The molecule has 1 aliphatic heterocycles. The molecule has 1 heterocycles. The Morgan fingerprint density at radius 1 is 1.00 bits per heavy atom. The monoisotopic (exact) mass is 428 g/mol. The van der Waals surface area contributed by atoms with E-state index < -0.39 is 6.04 Å². The number of methoxy groups -OCH3 is 1. The van der Waals surface area contributed by atoms with Crippen LogP contribution in [0.15, 0.2) is 72.8 Å². The molecule has 1 atom stereocenters. The van der Waals surface area contributed by atoms with Crippen molar-refractivity contribution < 1.29 is 19.1 Å². The summed E-state index contributed by atoms with van der Waals surface area (Å²) in [6.07, 6.45) is 0.0977. The molecule has 32 heavy (non-hydrogen) atoms. The van der Waals surface area contributed by atoms with Gasteiger partial charge in [-0.2, -0.15) is 0 Å². The van der Waals surface area contributed by atoms with Crippen molar-refractivity contribution in [1.29, 1.82) is 0 Å². The quantitative estimate of drug-likeness (QED) is 0.557. The molecule has 0 spiro atoms. The molecule has 3 aromatic carbocycles. The van der Waals surface area contributed by atoms with Crippen LogP contribution in [0.25, 0.3) is 0 Å². The minimum atomic E-state index is -0.433. The number of benzene rings is 3. The number of hydrogen-bond donors (Lipinski definition) is 1. The van der Waals surface area contributed by atoms with Crippen molar-refractivity contribution >= 4 is 23.3 Å². The van der Waals surface area contributed by atoms with Crippen LogP contribution in [0.3, 0.4) is 0 Å². The lowest BCUT2D eigenvalue weighted by Crippen LogP contribution is -2.32. The highest BCUT2D eigenvalue weighted by Crippen LogP contribution is 2.34. The maximum Gasteiger partial charge on any atom is 0.255 e. The van der Waals surface area contributed by atoms with Crippen LogP contribution >= 0.6 is 0 Å². The second-order valence-electron chi connectivity index (χ2n) is 7.76. The van der Waals surface area contributed by atoms with E-state index in [0.29, 0.717) is 29.1 Å². The molecule has 0 aliphatic carbocycles. The molecule has 4 rings (SSSR count). The van der Waals surface area contributed by atoms with Crippen molar-refractivity contribution in [3.63, 3.8) is 0 Å². The summed E-state index contributed by atoms with van der Waals surface area (Å²) in [6, 6.07) is 21.3. The van der Waals surface area contributed by atoms with Crippen LogP contribution in [0.1, 0.15) is 51.2 Å². The van der Waals surface area contributed by atoms with Crippen molar-refractivity contribution in [3.05, 3.63) is 95.1 Å². The fourth-order valence-corrected chi connectivity index (χ4v) is 3.94. The van der Waals surface area contributed by atoms with E-state index in [-0.39, 0.29) is 24.0 Å². The lowest BCUT2D eigenvalue weighted by atomic mass is 10.0. The van der Waals surface area contributed by atoms with Gasteiger partial charge in [-0.3, -0.25) is 14.4 Å². The molecule has 6 nitrogen and oxygen atoms in total. The highest BCUT2D eigenvalue weighted by molar-refractivity contribution is 5.99. The molecule has 162 valence electrons. The number of anilines is 1. The van der Waals surface area contributed by atoms with Gasteiger partial charge >= 0.3 is 0 Å². The van der Waals surface area contributed by atoms with Crippen LogP contribution in [-0.2, 0) is 11.3 Å². The summed E-state index contributed by atoms with van der Waals surface area (Å²) in [5, 5.41) is 2.88. The number of fused-ring (bicyclic) bond motifs is 1. The van der Waals surface area contributed by atoms with Crippen molar-refractivity contribution in [3.8, 4) is 5.75 Å². The van der Waals surface area contributed by atoms with Gasteiger partial charge in [-0.25, -0.2) is 0 Å². The molecule has 0 aromatic heterocycles. The molecule has 0 bridgehead atoms. The average Bonchev–Trinajstić information content (AvgIpc) is 3.14. The lowest BCUT2D eigenvalue weighted by Gasteiger charge is -2.28. The fraction of sp³-hybridized carbons (Fsp3) is 0.192. The Morgan fingerprint density at radius 2 is 1.69 bits per heavy atom. The van der Waals surface area contributed by atoms with Crippen LogP contribution in [-0.4, -0.2) is 29.6 Å². The topological polar surface area (TPSA) is 75.7 Å². The standard InChI is InChI=1S/C26H24N2O4/c1-17(29)18-7-11-21(12-8-18)27-25(30)15-24(19-9-13-22(32-2)14-10-19)28-16-20-5-3-4-6-23(20)26(28)31/h3-14,24H,15-16H2,1-2H3,(H,27,30). The molecule has 1 N–H and O–H groups in total. The van der Waals surface area contributed by atoms with Crippen LogP contribution in [0.4, 0.5) is 5.69 Å². The van der Waals surface area contributed by atoms with Gasteiger partial charge in [0.05, 0.1) is 19.6 Å². The van der Waals surface area contributed by atoms with E-state index >= 15 is 0 Å². The van der Waals surface area contributed by atoms with E-state index in [1.54, 1.807) is 36.3 Å². The van der Waals surface area contributed by atoms with Crippen LogP contribution < -0.4 is 10.1 Å². The Hall–Kier alpha value is -3.93. The number of Topliss-reactive ketones (excluding diaryl/α,β-unsaturated/α-hetero) is 1. The smallest absolute Gasteiger partial charge is 0.255 e. The van der Waals surface area contributed by atoms with Gasteiger partial charge in [0.15, 0.2) is 5.78 Å². The zero-order chi connectivity index (χ0) is 22.7. The minimum Gasteiger partial charge on any atom is -0.497 e. The second-order valence-corrected chi connectivity index (χ2v) is 7.76. The Bertz CT molecular complexity index is 1150. The Labute approximate surface area is 186 Å². The van der Waals surface area contributed by atoms with E-state index in [0.717, 1.165) is 11.1 Å². The largest absolute Gasteiger partial charge is 0.497 e. The predicted octanol–water partition coefficient (Wildman–Crippen LogP) is 4.62. The molecule has 1 unspecified atom stereocenters. The molecule has 0 saturated carbocycles. The molecule has 3 aromatic rings. The molecule has 6 heteroatoms. The number of carbonyl (C=O) groups is 3. The van der Waals surface area contributed by atoms with Crippen molar-refractivity contribution in [2.75, 3.05) is 12.4 Å². The first-order valence-electron chi connectivity index (χ1n) is 10.4. The first-order valence-corrected chi connectivity index (χ1v) is 10.4. The highest BCUT2D eigenvalue weighted by atomic mass is 16.5. The van der Waals surface area contributed by atoms with Gasteiger partial charge < -0.3 is 15.0 Å². The third-order valence-corrected chi connectivity index (χ3v) is 5.68. The third kappa shape index (κ3) is 4.39. The summed E-state index contributed by atoms with van der Waals surface area (Å²) in [5.41, 5.74) is 3.67. The molecule has 1 aliphatic rings. The number of ketones is 1. The molecular weight excluding hydrogens is 404 g/mol. The van der Waals surface area contributed by atoms with Crippen LogP contribution in [0.2, 0.25) is 0 Å². The van der Waals surface area contributed by atoms with E-state index in [1.807, 2.05) is 48.5 Å². The van der Waals surface area contributed by atoms with E-state index in [4.69, 9.17) is 4.74 Å². The van der Waals surface area contributed by atoms with Gasteiger partial charge in [-0.15, -0.1) is 0 Å². The van der Waals surface area contributed by atoms with E-state index in [9.17, 15) is 14.4 Å². The fourth-order valence-electron chi connectivity index (χ4n) is 3.94. The SMILES string of the molecule is COc1ccc(C(CC(=O)Nc2ccc(C(C)=O)cc2)N2Cc3ccccc3C2=O)cc1.